The van der Waals surface area contributed by atoms with Crippen molar-refractivity contribution in [3.05, 3.63) is 29.8 Å². The minimum atomic E-state index is 0.0824. The molecule has 0 spiro atoms. The smallest absolute Gasteiger partial charge is 0.225 e. The van der Waals surface area contributed by atoms with Gasteiger partial charge in [-0.2, -0.15) is 0 Å². The van der Waals surface area contributed by atoms with Crippen molar-refractivity contribution in [1.82, 2.24) is 10.2 Å². The lowest BCUT2D eigenvalue weighted by atomic mass is 10.0. The summed E-state index contributed by atoms with van der Waals surface area (Å²) in [7, 11) is 3.27. The third-order valence-corrected chi connectivity index (χ3v) is 3.58. The van der Waals surface area contributed by atoms with Gasteiger partial charge in [0, 0.05) is 26.7 Å². The van der Waals surface area contributed by atoms with Gasteiger partial charge in [0.1, 0.15) is 5.75 Å². The molecule has 1 heterocycles. The maximum atomic E-state index is 12.3. The molecule has 1 aliphatic heterocycles. The number of nitrogens with zero attached hydrogens (tertiary/aromatic N) is 1. The highest BCUT2D eigenvalue weighted by atomic mass is 16.5. The molecule has 2 rings (SSSR count). The number of hydrogen-bond donors (Lipinski definition) is 1. The molecule has 1 fully saturated rings. The van der Waals surface area contributed by atoms with E-state index < -0.39 is 0 Å². The Labute approximate surface area is 119 Å². The summed E-state index contributed by atoms with van der Waals surface area (Å²) >= 11 is 0. The summed E-state index contributed by atoms with van der Waals surface area (Å²) in [5.74, 6) is 0.976. The molecule has 1 aromatic rings. The minimum Gasteiger partial charge on any atom is -0.497 e. The molecule has 0 aromatic heterocycles. The van der Waals surface area contributed by atoms with Crippen LogP contribution in [0, 0.1) is 0 Å². The summed E-state index contributed by atoms with van der Waals surface area (Å²) in [5.41, 5.74) is 1.13. The molecule has 0 bridgehead atoms. The topological polar surface area (TPSA) is 50.8 Å². The van der Waals surface area contributed by atoms with Crippen LogP contribution in [0.15, 0.2) is 24.3 Å². The molecule has 5 nitrogen and oxygen atoms in total. The fraction of sp³-hybridized carbons (Fsp3) is 0.533. The number of benzene rings is 1. The molecule has 1 N–H and O–H groups in total. The summed E-state index contributed by atoms with van der Waals surface area (Å²) in [6.45, 7) is 2.83. The number of carbonyl (C=O) groups is 1. The highest BCUT2D eigenvalue weighted by molar-refractivity contribution is 5.77. The predicted octanol–water partition coefficient (Wildman–Crippen LogP) is 1.20. The molecule has 1 atom stereocenters. The fourth-order valence-electron chi connectivity index (χ4n) is 2.46. The molecule has 1 amide bonds. The van der Waals surface area contributed by atoms with Crippen LogP contribution in [0.1, 0.15) is 18.0 Å². The zero-order valence-corrected chi connectivity index (χ0v) is 12.1. The monoisotopic (exact) mass is 278 g/mol. The van der Waals surface area contributed by atoms with Crippen LogP contribution in [0.2, 0.25) is 0 Å². The van der Waals surface area contributed by atoms with Crippen LogP contribution in [0.25, 0.3) is 0 Å². The standard InChI is InChI=1S/C15H22N2O3/c1-19-10-7-15(18)17-9-8-16-11-14(17)12-3-5-13(20-2)6-4-12/h3-6,14,16H,7-11H2,1-2H3/t14-/m1/s1. The lowest BCUT2D eigenvalue weighted by molar-refractivity contribution is -0.135. The van der Waals surface area contributed by atoms with E-state index in [0.29, 0.717) is 13.0 Å². The van der Waals surface area contributed by atoms with Crippen LogP contribution < -0.4 is 10.1 Å². The summed E-state index contributed by atoms with van der Waals surface area (Å²) in [6, 6.07) is 7.99. The van der Waals surface area contributed by atoms with Crippen molar-refractivity contribution in [2.75, 3.05) is 40.5 Å². The first-order valence-electron chi connectivity index (χ1n) is 6.89. The molecule has 0 radical (unpaired) electrons. The normalized spacial score (nSPS) is 18.9. The Morgan fingerprint density at radius 3 is 2.75 bits per heavy atom. The third kappa shape index (κ3) is 3.49. The molecule has 1 aromatic carbocycles. The summed E-state index contributed by atoms with van der Waals surface area (Å²) in [4.78, 5) is 14.2. The quantitative estimate of drug-likeness (QED) is 0.879. The zero-order valence-electron chi connectivity index (χ0n) is 12.1. The van der Waals surface area contributed by atoms with Crippen LogP contribution >= 0.6 is 0 Å². The summed E-state index contributed by atoms with van der Waals surface area (Å²) in [6.07, 6.45) is 0.434. The average Bonchev–Trinajstić information content (AvgIpc) is 2.52. The van der Waals surface area contributed by atoms with Crippen molar-refractivity contribution in [1.29, 1.82) is 0 Å². The number of hydrogen-bond acceptors (Lipinski definition) is 4. The fourth-order valence-corrected chi connectivity index (χ4v) is 2.46. The van der Waals surface area contributed by atoms with Gasteiger partial charge in [0.05, 0.1) is 26.2 Å². The van der Waals surface area contributed by atoms with Gasteiger partial charge in [-0.15, -0.1) is 0 Å². The van der Waals surface area contributed by atoms with Crippen molar-refractivity contribution in [2.45, 2.75) is 12.5 Å². The van der Waals surface area contributed by atoms with Gasteiger partial charge in [-0.05, 0) is 17.7 Å². The van der Waals surface area contributed by atoms with E-state index in [1.807, 2.05) is 29.2 Å². The van der Waals surface area contributed by atoms with Gasteiger partial charge in [-0.3, -0.25) is 4.79 Å². The molecule has 1 saturated heterocycles. The average molecular weight is 278 g/mol. The first-order valence-corrected chi connectivity index (χ1v) is 6.89. The Morgan fingerprint density at radius 2 is 2.10 bits per heavy atom. The van der Waals surface area contributed by atoms with E-state index in [-0.39, 0.29) is 11.9 Å². The number of methoxy groups -OCH3 is 2. The molecule has 20 heavy (non-hydrogen) atoms. The first kappa shape index (κ1) is 14.8. The third-order valence-electron chi connectivity index (χ3n) is 3.58. The molecular weight excluding hydrogens is 256 g/mol. The van der Waals surface area contributed by atoms with Crippen molar-refractivity contribution in [3.8, 4) is 5.75 Å². The summed E-state index contributed by atoms with van der Waals surface area (Å²) in [5, 5.41) is 3.35. The van der Waals surface area contributed by atoms with Gasteiger partial charge in [0.2, 0.25) is 5.91 Å². The number of carbonyl (C=O) groups excluding carboxylic acids is 1. The van der Waals surface area contributed by atoms with E-state index in [1.54, 1.807) is 14.2 Å². The van der Waals surface area contributed by atoms with Crippen molar-refractivity contribution in [3.63, 3.8) is 0 Å². The maximum absolute atomic E-state index is 12.3. The van der Waals surface area contributed by atoms with Gasteiger partial charge in [0.25, 0.3) is 0 Å². The lowest BCUT2D eigenvalue weighted by Crippen LogP contribution is -2.48. The second-order valence-corrected chi connectivity index (χ2v) is 4.82. The minimum absolute atomic E-state index is 0.0824. The van der Waals surface area contributed by atoms with Crippen LogP contribution in [0.3, 0.4) is 0 Å². The number of rotatable bonds is 5. The SMILES string of the molecule is COCCC(=O)N1CCNC[C@@H]1c1ccc(OC)cc1. The molecule has 0 saturated carbocycles. The van der Waals surface area contributed by atoms with E-state index in [1.165, 1.54) is 0 Å². The Morgan fingerprint density at radius 1 is 1.35 bits per heavy atom. The van der Waals surface area contributed by atoms with Gasteiger partial charge in [-0.1, -0.05) is 12.1 Å². The number of nitrogens with one attached hydrogen (secondary N) is 1. The van der Waals surface area contributed by atoms with Crippen molar-refractivity contribution < 1.29 is 14.3 Å². The highest BCUT2D eigenvalue weighted by Gasteiger charge is 2.27. The highest BCUT2D eigenvalue weighted by Crippen LogP contribution is 2.24. The predicted molar refractivity (Wildman–Crippen MR) is 76.8 cm³/mol. The Bertz CT molecular complexity index is 433. The largest absolute Gasteiger partial charge is 0.497 e. The van der Waals surface area contributed by atoms with Gasteiger partial charge in [0.15, 0.2) is 0 Å². The first-order chi connectivity index (χ1) is 9.76. The van der Waals surface area contributed by atoms with Gasteiger partial charge >= 0.3 is 0 Å². The second-order valence-electron chi connectivity index (χ2n) is 4.82. The van der Waals surface area contributed by atoms with Crippen molar-refractivity contribution >= 4 is 5.91 Å². The molecule has 5 heteroatoms. The van der Waals surface area contributed by atoms with E-state index in [4.69, 9.17) is 9.47 Å². The molecule has 1 aliphatic rings. The van der Waals surface area contributed by atoms with Crippen LogP contribution in [0.5, 0.6) is 5.75 Å². The number of amides is 1. The zero-order chi connectivity index (χ0) is 14.4. The number of piperazine rings is 1. The van der Waals surface area contributed by atoms with E-state index >= 15 is 0 Å². The summed E-state index contributed by atoms with van der Waals surface area (Å²) < 4.78 is 10.2. The van der Waals surface area contributed by atoms with Crippen LogP contribution in [0.4, 0.5) is 0 Å². The van der Waals surface area contributed by atoms with Crippen LogP contribution in [-0.4, -0.2) is 51.3 Å². The lowest BCUT2D eigenvalue weighted by Gasteiger charge is -2.36. The molecule has 0 aliphatic carbocycles. The van der Waals surface area contributed by atoms with Crippen molar-refractivity contribution in [2.24, 2.45) is 0 Å². The van der Waals surface area contributed by atoms with E-state index in [9.17, 15) is 4.79 Å². The van der Waals surface area contributed by atoms with E-state index in [2.05, 4.69) is 5.32 Å². The Balaban J connectivity index is 2.10. The second kappa shape index (κ2) is 7.26. The molecular formula is C15H22N2O3. The Hall–Kier alpha value is -1.59. The molecule has 0 unspecified atom stereocenters. The van der Waals surface area contributed by atoms with Gasteiger partial charge < -0.3 is 19.7 Å². The van der Waals surface area contributed by atoms with Gasteiger partial charge in [-0.25, -0.2) is 0 Å². The van der Waals surface area contributed by atoms with E-state index in [0.717, 1.165) is 30.9 Å². The maximum Gasteiger partial charge on any atom is 0.225 e. The molecule has 110 valence electrons. The number of ether oxygens (including phenoxy) is 2. The van der Waals surface area contributed by atoms with Crippen LogP contribution in [-0.2, 0) is 9.53 Å². The Kier molecular flexibility index (Phi) is 5.38.